The van der Waals surface area contributed by atoms with Gasteiger partial charge < -0.3 is 30.5 Å². The van der Waals surface area contributed by atoms with Gasteiger partial charge in [-0.2, -0.15) is 0 Å². The van der Waals surface area contributed by atoms with Crippen molar-refractivity contribution in [1.29, 1.82) is 0 Å². The first kappa shape index (κ1) is 38.9. The predicted molar refractivity (Wildman–Crippen MR) is 197 cm³/mol. The van der Waals surface area contributed by atoms with Crippen LogP contribution in [0, 0.1) is 5.92 Å². The fourth-order valence-corrected chi connectivity index (χ4v) is 7.93. The molecular weight excluding hydrogens is 644 g/mol. The molecule has 51 heavy (non-hydrogen) atoms. The van der Waals surface area contributed by atoms with Crippen LogP contribution >= 0.6 is 0 Å². The molecule has 3 fully saturated rings. The van der Waals surface area contributed by atoms with Crippen molar-refractivity contribution in [3.63, 3.8) is 0 Å². The molecule has 2 aromatic rings. The summed E-state index contributed by atoms with van der Waals surface area (Å²) in [6, 6.07) is 16.2. The molecule has 2 aliphatic heterocycles. The minimum atomic E-state index is -0.596. The van der Waals surface area contributed by atoms with E-state index in [2.05, 4.69) is 20.9 Å². The number of rotatable bonds is 14. The van der Waals surface area contributed by atoms with Gasteiger partial charge in [0.15, 0.2) is 6.29 Å². The number of carbonyl (C=O) groups excluding carboxylic acids is 3. The van der Waals surface area contributed by atoms with Crippen LogP contribution in [0.15, 0.2) is 48.5 Å². The summed E-state index contributed by atoms with van der Waals surface area (Å²) in [7, 11) is 0. The lowest BCUT2D eigenvalue weighted by atomic mass is 9.75. The molecule has 6 atom stereocenters. The highest BCUT2D eigenvalue weighted by Crippen LogP contribution is 2.42. The Bertz CT molecular complexity index is 1430. The van der Waals surface area contributed by atoms with Gasteiger partial charge in [-0.05, 0) is 81.9 Å². The van der Waals surface area contributed by atoms with Gasteiger partial charge in [0.1, 0.15) is 0 Å². The Morgan fingerprint density at radius 3 is 2.25 bits per heavy atom. The fraction of sp³-hybridized carbons (Fsp3) is 0.634. The average Bonchev–Trinajstić information content (AvgIpc) is 3.11. The zero-order valence-electron chi connectivity index (χ0n) is 31.1. The van der Waals surface area contributed by atoms with E-state index < -0.39 is 6.29 Å². The van der Waals surface area contributed by atoms with Crippen LogP contribution < -0.4 is 16.0 Å². The highest BCUT2D eigenvalue weighted by atomic mass is 16.7. The molecule has 3 amide bonds. The van der Waals surface area contributed by atoms with Gasteiger partial charge in [-0.15, -0.1) is 0 Å². The van der Waals surface area contributed by atoms with Crippen LogP contribution in [0.5, 0.6) is 0 Å². The van der Waals surface area contributed by atoms with E-state index in [1.54, 1.807) is 0 Å². The van der Waals surface area contributed by atoms with E-state index in [9.17, 15) is 19.5 Å². The number of aliphatic hydroxyl groups excluding tert-OH is 1. The Balaban J connectivity index is 1.27. The Hall–Kier alpha value is -3.31. The predicted octanol–water partition coefficient (Wildman–Crippen LogP) is 5.97. The number of nitrogens with one attached hydrogen (secondary N) is 3. The van der Waals surface area contributed by atoms with Gasteiger partial charge in [-0.1, -0.05) is 67.8 Å². The first-order valence-corrected chi connectivity index (χ1v) is 19.2. The summed E-state index contributed by atoms with van der Waals surface area (Å²) in [4.78, 5) is 39.6. The number of carbonyl (C=O) groups is 3. The quantitative estimate of drug-likeness (QED) is 0.178. The second kappa shape index (κ2) is 18.4. The van der Waals surface area contributed by atoms with Crippen LogP contribution in [0.4, 0.5) is 0 Å². The van der Waals surface area contributed by atoms with Crippen molar-refractivity contribution >= 4 is 17.7 Å². The monoisotopic (exact) mass is 704 g/mol. The largest absolute Gasteiger partial charge is 0.392 e. The molecule has 2 heterocycles. The normalized spacial score (nSPS) is 25.4. The van der Waals surface area contributed by atoms with Crippen molar-refractivity contribution in [3.8, 4) is 0 Å². The molecule has 10 heteroatoms. The number of benzene rings is 2. The van der Waals surface area contributed by atoms with Crippen molar-refractivity contribution in [2.24, 2.45) is 5.92 Å². The van der Waals surface area contributed by atoms with Crippen LogP contribution in [-0.2, 0) is 37.0 Å². The zero-order chi connectivity index (χ0) is 36.4. The smallest absolute Gasteiger partial charge is 0.237 e. The van der Waals surface area contributed by atoms with Crippen LogP contribution in [0.3, 0.4) is 0 Å². The molecule has 0 radical (unpaired) electrons. The summed E-state index contributed by atoms with van der Waals surface area (Å²) in [5.41, 5.74) is 3.49. The highest BCUT2D eigenvalue weighted by molar-refractivity contribution is 5.82. The molecule has 0 aromatic heterocycles. The lowest BCUT2D eigenvalue weighted by Crippen LogP contribution is -2.61. The molecule has 0 spiro atoms. The molecule has 0 bridgehead atoms. The summed E-state index contributed by atoms with van der Waals surface area (Å²) in [6.45, 7) is 9.36. The average molecular weight is 705 g/mol. The van der Waals surface area contributed by atoms with Gasteiger partial charge in [0.2, 0.25) is 17.7 Å². The molecule has 3 aliphatic rings. The second-order valence-electron chi connectivity index (χ2n) is 15.8. The van der Waals surface area contributed by atoms with Crippen LogP contribution in [0.25, 0.3) is 0 Å². The second-order valence-corrected chi connectivity index (χ2v) is 15.8. The third kappa shape index (κ3) is 11.6. The minimum absolute atomic E-state index is 0.0115. The van der Waals surface area contributed by atoms with Crippen LogP contribution in [0.2, 0.25) is 0 Å². The maximum Gasteiger partial charge on any atom is 0.237 e. The first-order chi connectivity index (χ1) is 24.5. The van der Waals surface area contributed by atoms with E-state index in [4.69, 9.17) is 9.47 Å². The summed E-state index contributed by atoms with van der Waals surface area (Å²) >= 11 is 0. The number of likely N-dealkylation sites (tertiary alicyclic amines) is 1. The number of hydrogen-bond acceptors (Lipinski definition) is 7. The van der Waals surface area contributed by atoms with Crippen molar-refractivity contribution in [3.05, 3.63) is 70.8 Å². The highest BCUT2D eigenvalue weighted by Gasteiger charge is 2.44. The molecule has 2 aromatic carbocycles. The molecule has 280 valence electrons. The maximum atomic E-state index is 13.7. The van der Waals surface area contributed by atoms with E-state index in [-0.39, 0.29) is 48.1 Å². The van der Waals surface area contributed by atoms with Crippen molar-refractivity contribution in [2.75, 3.05) is 13.1 Å². The molecule has 1 aliphatic carbocycles. The molecule has 4 N–H and O–H groups in total. The lowest BCUT2D eigenvalue weighted by molar-refractivity contribution is -0.255. The third-order valence-corrected chi connectivity index (χ3v) is 10.5. The standard InChI is InChI=1S/C41H60N4O6/c1-28(47)42-23-9-5-6-12-38(48)43-25-29-13-19-33(20-14-29)40-50-34(24-37(51-40)32-17-15-30(27-46)16-18-32)26-45-35-11-8-7-10-31(35)21-22-36(45)39(49)44-41(2,3)4/h13-20,31,34-37,40,46H,5-12,21-27H2,1-4H3,(H,42,47)(H,43,48)(H,44,49)/t31-,34+,35-,36-,37-,40-/m1/s1. The summed E-state index contributed by atoms with van der Waals surface area (Å²) < 4.78 is 13.4. The summed E-state index contributed by atoms with van der Waals surface area (Å²) in [6.07, 6.45) is 9.42. The third-order valence-electron chi connectivity index (χ3n) is 10.5. The minimum Gasteiger partial charge on any atom is -0.392 e. The summed E-state index contributed by atoms with van der Waals surface area (Å²) in [5, 5.41) is 18.7. The number of amides is 3. The Morgan fingerprint density at radius 2 is 1.55 bits per heavy atom. The zero-order valence-corrected chi connectivity index (χ0v) is 31.1. The number of unbranched alkanes of at least 4 members (excludes halogenated alkanes) is 2. The van der Waals surface area contributed by atoms with E-state index in [0.717, 1.165) is 60.8 Å². The van der Waals surface area contributed by atoms with Crippen LogP contribution in [0.1, 0.15) is 133 Å². The molecule has 1 saturated carbocycles. The Morgan fingerprint density at radius 1 is 0.843 bits per heavy atom. The number of nitrogens with zero attached hydrogens (tertiary/aromatic N) is 1. The van der Waals surface area contributed by atoms with E-state index in [0.29, 0.717) is 44.4 Å². The Kier molecular flexibility index (Phi) is 14.1. The van der Waals surface area contributed by atoms with E-state index in [1.807, 2.05) is 69.3 Å². The van der Waals surface area contributed by atoms with Gasteiger partial charge in [-0.25, -0.2) is 0 Å². The lowest BCUT2D eigenvalue weighted by Gasteiger charge is -2.50. The van der Waals surface area contributed by atoms with Gasteiger partial charge in [0, 0.05) is 56.5 Å². The van der Waals surface area contributed by atoms with Gasteiger partial charge in [0.25, 0.3) is 0 Å². The van der Waals surface area contributed by atoms with Crippen molar-refractivity contribution in [1.82, 2.24) is 20.9 Å². The van der Waals surface area contributed by atoms with Gasteiger partial charge >= 0.3 is 0 Å². The summed E-state index contributed by atoms with van der Waals surface area (Å²) in [5.74, 6) is 0.704. The molecule has 0 unspecified atom stereocenters. The molecule has 2 saturated heterocycles. The first-order valence-electron chi connectivity index (χ1n) is 19.2. The Labute approximate surface area is 304 Å². The number of hydrogen-bond donors (Lipinski definition) is 4. The maximum absolute atomic E-state index is 13.7. The SMILES string of the molecule is CC(=O)NCCCCCC(=O)NCc1ccc([C@@H]2O[C@H](CN3[C@@H](C(=O)NC(C)(C)C)CC[C@H]4CCCC[C@H]43)C[C@H](c3ccc(CO)cc3)O2)cc1. The van der Waals surface area contributed by atoms with Crippen molar-refractivity contribution < 1.29 is 29.0 Å². The van der Waals surface area contributed by atoms with Crippen molar-refractivity contribution in [2.45, 2.75) is 148 Å². The fourth-order valence-electron chi connectivity index (χ4n) is 7.93. The number of fused-ring (bicyclic) bond motifs is 1. The molecule has 10 nitrogen and oxygen atoms in total. The van der Waals surface area contributed by atoms with Gasteiger partial charge in [0.05, 0.1) is 24.9 Å². The van der Waals surface area contributed by atoms with Crippen LogP contribution in [-0.4, -0.2) is 64.5 Å². The number of piperidine rings is 1. The molecule has 5 rings (SSSR count). The number of ether oxygens (including phenoxy) is 2. The van der Waals surface area contributed by atoms with E-state index >= 15 is 0 Å². The van der Waals surface area contributed by atoms with E-state index in [1.165, 1.54) is 26.2 Å². The topological polar surface area (TPSA) is 129 Å². The number of aliphatic hydroxyl groups is 1. The molecular formula is C41H60N4O6. The van der Waals surface area contributed by atoms with Gasteiger partial charge in [-0.3, -0.25) is 19.3 Å².